The molecule has 1 aromatic carbocycles. The summed E-state index contributed by atoms with van der Waals surface area (Å²) < 4.78 is 6.82. The largest absolute Gasteiger partial charge is 0.467 e. The topological polar surface area (TPSA) is 145 Å². The molecule has 0 radical (unpaired) electrons. The van der Waals surface area contributed by atoms with Crippen LogP contribution in [0.1, 0.15) is 5.76 Å². The molecule has 160 valence electrons. The van der Waals surface area contributed by atoms with Gasteiger partial charge in [-0.2, -0.15) is 0 Å². The molecule has 2 N–H and O–H groups in total. The van der Waals surface area contributed by atoms with Gasteiger partial charge < -0.3 is 9.73 Å². The predicted octanol–water partition coefficient (Wildman–Crippen LogP) is 2.75. The number of carbonyl (C=O) groups excluding carboxylic acids is 2. The van der Waals surface area contributed by atoms with Gasteiger partial charge >= 0.3 is 6.03 Å². The van der Waals surface area contributed by atoms with Gasteiger partial charge in [0, 0.05) is 24.2 Å². The van der Waals surface area contributed by atoms with Crippen LogP contribution in [0.15, 0.2) is 64.9 Å². The molecule has 3 aromatic rings. The smallest absolute Gasteiger partial charge is 0.321 e. The van der Waals surface area contributed by atoms with Crippen molar-refractivity contribution in [3.8, 4) is 11.4 Å². The summed E-state index contributed by atoms with van der Waals surface area (Å²) in [6.45, 7) is 4.24. The van der Waals surface area contributed by atoms with Crippen molar-refractivity contribution >= 4 is 29.4 Å². The van der Waals surface area contributed by atoms with E-state index in [1.165, 1.54) is 18.4 Å². The van der Waals surface area contributed by atoms with Gasteiger partial charge in [-0.1, -0.05) is 17.8 Å². The number of nitrogens with zero attached hydrogens (tertiary/aromatic N) is 4. The van der Waals surface area contributed by atoms with Gasteiger partial charge in [0.2, 0.25) is 5.91 Å². The molecule has 2 heterocycles. The number of imide groups is 1. The second-order valence-corrected chi connectivity index (χ2v) is 7.05. The molecule has 0 aliphatic carbocycles. The molecule has 2 aromatic heterocycles. The molecule has 0 spiro atoms. The van der Waals surface area contributed by atoms with E-state index in [2.05, 4.69) is 27.4 Å². The van der Waals surface area contributed by atoms with Crippen molar-refractivity contribution in [1.29, 1.82) is 0 Å². The summed E-state index contributed by atoms with van der Waals surface area (Å²) in [5.74, 6) is 0.470. The minimum absolute atomic E-state index is 0.0323. The predicted molar refractivity (Wildman–Crippen MR) is 112 cm³/mol. The second-order valence-electron chi connectivity index (χ2n) is 6.11. The minimum atomic E-state index is -0.638. The summed E-state index contributed by atoms with van der Waals surface area (Å²) in [4.78, 5) is 34.2. The third-order valence-corrected chi connectivity index (χ3v) is 4.92. The lowest BCUT2D eigenvalue weighted by molar-refractivity contribution is -0.384. The van der Waals surface area contributed by atoms with Crippen LogP contribution in [0, 0.1) is 10.1 Å². The number of amides is 3. The number of nitro groups is 1. The normalized spacial score (nSPS) is 10.5. The SMILES string of the molecule is C=CCn1c(SCC(=O)NC(=O)NCc2ccco2)nnc1-c1ccc([N+](=O)[O-])cc1. The zero-order chi connectivity index (χ0) is 22.2. The van der Waals surface area contributed by atoms with Crippen molar-refractivity contribution in [2.75, 3.05) is 5.75 Å². The van der Waals surface area contributed by atoms with Crippen molar-refractivity contribution in [1.82, 2.24) is 25.4 Å². The molecule has 0 atom stereocenters. The van der Waals surface area contributed by atoms with Crippen LogP contribution >= 0.6 is 11.8 Å². The Kier molecular flexibility index (Phi) is 7.17. The van der Waals surface area contributed by atoms with Crippen LogP contribution in [0.25, 0.3) is 11.4 Å². The number of non-ortho nitro benzene ring substituents is 1. The summed E-state index contributed by atoms with van der Waals surface area (Å²) >= 11 is 1.10. The van der Waals surface area contributed by atoms with Crippen LogP contribution in [0.2, 0.25) is 0 Å². The average Bonchev–Trinajstić information content (AvgIpc) is 3.41. The zero-order valence-corrected chi connectivity index (χ0v) is 17.0. The van der Waals surface area contributed by atoms with Gasteiger partial charge in [-0.05, 0) is 24.3 Å². The molecule has 3 rings (SSSR count). The van der Waals surface area contributed by atoms with Gasteiger partial charge in [0.1, 0.15) is 5.76 Å². The van der Waals surface area contributed by atoms with Gasteiger partial charge in [0.25, 0.3) is 5.69 Å². The van der Waals surface area contributed by atoms with Gasteiger partial charge in [-0.15, -0.1) is 16.8 Å². The first-order valence-electron chi connectivity index (χ1n) is 8.99. The number of thioether (sulfide) groups is 1. The number of nitrogens with one attached hydrogen (secondary N) is 2. The number of carbonyl (C=O) groups is 2. The molecule has 0 unspecified atom stereocenters. The molecule has 3 amide bonds. The summed E-state index contributed by atoms with van der Waals surface area (Å²) in [6.07, 6.45) is 3.13. The van der Waals surface area contributed by atoms with Crippen molar-refractivity contribution in [3.63, 3.8) is 0 Å². The number of aromatic nitrogens is 3. The highest BCUT2D eigenvalue weighted by Crippen LogP contribution is 2.25. The fourth-order valence-corrected chi connectivity index (χ4v) is 3.30. The van der Waals surface area contributed by atoms with Crippen molar-refractivity contribution < 1.29 is 18.9 Å². The van der Waals surface area contributed by atoms with Crippen LogP contribution in [-0.2, 0) is 17.9 Å². The van der Waals surface area contributed by atoms with E-state index in [0.717, 1.165) is 11.8 Å². The van der Waals surface area contributed by atoms with Gasteiger partial charge in [-0.3, -0.25) is 24.8 Å². The number of benzene rings is 1. The lowest BCUT2D eigenvalue weighted by Gasteiger charge is -2.08. The maximum absolute atomic E-state index is 12.1. The molecular formula is C19H18N6O5S. The quantitative estimate of drug-likeness (QED) is 0.223. The van der Waals surface area contributed by atoms with Crippen LogP contribution in [-0.4, -0.2) is 37.4 Å². The molecule has 0 fully saturated rings. The highest BCUT2D eigenvalue weighted by atomic mass is 32.2. The number of rotatable bonds is 9. The lowest BCUT2D eigenvalue weighted by Crippen LogP contribution is -2.39. The first kappa shape index (κ1) is 21.8. The van der Waals surface area contributed by atoms with Crippen molar-refractivity contribution in [3.05, 3.63) is 71.2 Å². The third-order valence-electron chi connectivity index (χ3n) is 3.95. The maximum Gasteiger partial charge on any atom is 0.321 e. The Bertz CT molecular complexity index is 1080. The second kappa shape index (κ2) is 10.2. The van der Waals surface area contributed by atoms with E-state index >= 15 is 0 Å². The molecule has 0 saturated heterocycles. The molecule has 31 heavy (non-hydrogen) atoms. The minimum Gasteiger partial charge on any atom is -0.467 e. The molecule has 11 nitrogen and oxygen atoms in total. The first-order chi connectivity index (χ1) is 15.0. The lowest BCUT2D eigenvalue weighted by atomic mass is 10.2. The third kappa shape index (κ3) is 5.79. The van der Waals surface area contributed by atoms with Crippen molar-refractivity contribution in [2.45, 2.75) is 18.2 Å². The Balaban J connectivity index is 1.60. The van der Waals surface area contributed by atoms with Gasteiger partial charge in [0.05, 0.1) is 23.5 Å². The van der Waals surface area contributed by atoms with E-state index in [0.29, 0.717) is 28.8 Å². The summed E-state index contributed by atoms with van der Waals surface area (Å²) in [5, 5.41) is 24.2. The number of nitro benzene ring substituents is 1. The number of hydrogen-bond acceptors (Lipinski definition) is 8. The first-order valence-corrected chi connectivity index (χ1v) is 9.98. The zero-order valence-electron chi connectivity index (χ0n) is 16.2. The van der Waals surface area contributed by atoms with Crippen LogP contribution in [0.3, 0.4) is 0 Å². The van der Waals surface area contributed by atoms with E-state index in [9.17, 15) is 19.7 Å². The van der Waals surface area contributed by atoms with E-state index in [1.807, 2.05) is 0 Å². The van der Waals surface area contributed by atoms with E-state index < -0.39 is 16.9 Å². The van der Waals surface area contributed by atoms with Crippen LogP contribution in [0.4, 0.5) is 10.5 Å². The summed E-state index contributed by atoms with van der Waals surface area (Å²) in [6, 6.07) is 8.67. The number of hydrogen-bond donors (Lipinski definition) is 2. The van der Waals surface area contributed by atoms with E-state index in [4.69, 9.17) is 4.42 Å². The van der Waals surface area contributed by atoms with E-state index in [-0.39, 0.29) is 18.0 Å². The summed E-state index contributed by atoms with van der Waals surface area (Å²) in [7, 11) is 0. The Labute approximate surface area is 180 Å². The monoisotopic (exact) mass is 442 g/mol. The molecule has 0 bridgehead atoms. The molecule has 12 heteroatoms. The Morgan fingerprint density at radius 3 is 2.68 bits per heavy atom. The number of furan rings is 1. The van der Waals surface area contributed by atoms with E-state index in [1.54, 1.807) is 34.9 Å². The Morgan fingerprint density at radius 1 is 1.26 bits per heavy atom. The number of allylic oxidation sites excluding steroid dienone is 1. The van der Waals surface area contributed by atoms with Crippen LogP contribution < -0.4 is 10.6 Å². The summed E-state index contributed by atoms with van der Waals surface area (Å²) in [5.41, 5.74) is 0.601. The number of urea groups is 1. The molecule has 0 aliphatic rings. The van der Waals surface area contributed by atoms with Crippen LogP contribution in [0.5, 0.6) is 0 Å². The maximum atomic E-state index is 12.1. The molecule has 0 aliphatic heterocycles. The fraction of sp³-hybridized carbons (Fsp3) is 0.158. The highest BCUT2D eigenvalue weighted by Gasteiger charge is 2.17. The van der Waals surface area contributed by atoms with Crippen molar-refractivity contribution in [2.24, 2.45) is 0 Å². The van der Waals surface area contributed by atoms with Gasteiger partial charge in [-0.25, -0.2) is 4.79 Å². The van der Waals surface area contributed by atoms with Gasteiger partial charge in [0.15, 0.2) is 11.0 Å². The molecule has 0 saturated carbocycles. The molecular weight excluding hydrogens is 424 g/mol. The standard InChI is InChI=1S/C19H18N6O5S/c1-2-9-24-17(13-5-7-14(8-6-13)25(28)29)22-23-19(24)31-12-16(26)21-18(27)20-11-15-4-3-10-30-15/h2-8,10H,1,9,11-12H2,(H2,20,21,26,27). The fourth-order valence-electron chi connectivity index (χ4n) is 2.55. The Morgan fingerprint density at radius 2 is 2.03 bits per heavy atom. The highest BCUT2D eigenvalue weighted by molar-refractivity contribution is 7.99. The Hall–Kier alpha value is -3.93. The average molecular weight is 442 g/mol.